The fourth-order valence-electron chi connectivity index (χ4n) is 2.75. The van der Waals surface area contributed by atoms with E-state index in [1.165, 1.54) is 18.9 Å². The molecule has 2 N–H and O–H groups in total. The molecule has 1 fully saturated rings. The molecule has 1 atom stereocenters. The zero-order valence-corrected chi connectivity index (χ0v) is 17.4. The summed E-state index contributed by atoms with van der Waals surface area (Å²) in [6.45, 7) is 0.822. The quantitative estimate of drug-likeness (QED) is 0.635. The molecular formula is C17H23ClN4O5S. The molecule has 154 valence electrons. The van der Waals surface area contributed by atoms with Gasteiger partial charge in [-0.3, -0.25) is 14.4 Å². The lowest BCUT2D eigenvalue weighted by molar-refractivity contribution is -0.150. The summed E-state index contributed by atoms with van der Waals surface area (Å²) in [5, 5.41) is 5.62. The van der Waals surface area contributed by atoms with Crippen LogP contribution in [0, 0.1) is 0 Å². The summed E-state index contributed by atoms with van der Waals surface area (Å²) in [6.07, 6.45) is 0.978. The molecule has 3 amide bonds. The lowest BCUT2D eigenvalue weighted by Gasteiger charge is -2.44. The second-order valence-electron chi connectivity index (χ2n) is 6.81. The van der Waals surface area contributed by atoms with E-state index in [-0.39, 0.29) is 26.2 Å². The summed E-state index contributed by atoms with van der Waals surface area (Å²) in [6, 6.07) is 7.04. The molecular weight excluding hydrogens is 408 g/mol. The normalized spacial score (nSPS) is 20.7. The Balaban J connectivity index is 1.97. The second kappa shape index (κ2) is 8.46. The molecule has 1 saturated heterocycles. The van der Waals surface area contributed by atoms with Crippen molar-refractivity contribution in [1.29, 1.82) is 0 Å². The molecule has 1 aliphatic rings. The molecule has 0 bridgehead atoms. The minimum absolute atomic E-state index is 0.193. The van der Waals surface area contributed by atoms with Crippen LogP contribution in [-0.2, 0) is 31.0 Å². The molecule has 1 aliphatic heterocycles. The van der Waals surface area contributed by atoms with E-state index in [1.54, 1.807) is 24.3 Å². The number of carbonyl (C=O) groups excluding carboxylic acids is 3. The predicted molar refractivity (Wildman–Crippen MR) is 104 cm³/mol. The summed E-state index contributed by atoms with van der Waals surface area (Å²) in [7, 11) is -2.22. The van der Waals surface area contributed by atoms with E-state index in [1.807, 2.05) is 0 Å². The second-order valence-corrected chi connectivity index (χ2v) is 9.20. The van der Waals surface area contributed by atoms with Crippen molar-refractivity contribution in [3.05, 3.63) is 34.9 Å². The van der Waals surface area contributed by atoms with Crippen molar-refractivity contribution < 1.29 is 22.8 Å². The van der Waals surface area contributed by atoms with E-state index in [0.717, 1.165) is 16.1 Å². The molecule has 11 heteroatoms. The van der Waals surface area contributed by atoms with Crippen LogP contribution in [0.1, 0.15) is 12.5 Å². The fraction of sp³-hybridized carbons (Fsp3) is 0.471. The highest BCUT2D eigenvalue weighted by atomic mass is 35.5. The first kappa shape index (κ1) is 22.1. The molecule has 1 heterocycles. The first-order valence-electron chi connectivity index (χ1n) is 8.45. The van der Waals surface area contributed by atoms with Gasteiger partial charge in [-0.25, -0.2) is 8.42 Å². The highest BCUT2D eigenvalue weighted by Gasteiger charge is 2.47. The van der Waals surface area contributed by atoms with Gasteiger partial charge < -0.3 is 15.5 Å². The summed E-state index contributed by atoms with van der Waals surface area (Å²) in [5.74, 6) is -1.57. The summed E-state index contributed by atoms with van der Waals surface area (Å²) in [4.78, 5) is 38.0. The molecule has 0 unspecified atom stereocenters. The van der Waals surface area contributed by atoms with Gasteiger partial charge >= 0.3 is 0 Å². The van der Waals surface area contributed by atoms with E-state index in [2.05, 4.69) is 10.6 Å². The molecule has 1 aromatic rings. The van der Waals surface area contributed by atoms with Gasteiger partial charge in [0.15, 0.2) is 0 Å². The van der Waals surface area contributed by atoms with Crippen LogP contribution in [0.5, 0.6) is 0 Å². The van der Waals surface area contributed by atoms with Gasteiger partial charge in [0.2, 0.25) is 27.7 Å². The van der Waals surface area contributed by atoms with Crippen LogP contribution in [0.25, 0.3) is 0 Å². The Hall–Kier alpha value is -2.17. The number of hydrogen-bond acceptors (Lipinski definition) is 5. The largest absolute Gasteiger partial charge is 0.350 e. The number of piperazine rings is 1. The Labute approximate surface area is 169 Å². The number of sulfonamides is 1. The van der Waals surface area contributed by atoms with E-state index in [4.69, 9.17) is 11.6 Å². The maximum absolute atomic E-state index is 12.7. The van der Waals surface area contributed by atoms with Crippen LogP contribution in [0.15, 0.2) is 24.3 Å². The van der Waals surface area contributed by atoms with Crippen molar-refractivity contribution >= 4 is 39.3 Å². The molecule has 2 rings (SSSR count). The molecule has 0 aromatic heterocycles. The Morgan fingerprint density at radius 3 is 2.50 bits per heavy atom. The van der Waals surface area contributed by atoms with Gasteiger partial charge in [-0.15, -0.1) is 0 Å². The topological polar surface area (TPSA) is 116 Å². The lowest BCUT2D eigenvalue weighted by Crippen LogP contribution is -2.68. The predicted octanol–water partition coefficient (Wildman–Crippen LogP) is -0.435. The van der Waals surface area contributed by atoms with Crippen molar-refractivity contribution in [2.45, 2.75) is 19.0 Å². The van der Waals surface area contributed by atoms with Gasteiger partial charge in [-0.2, -0.15) is 4.31 Å². The SMILES string of the molecule is CN1C(=O)CN(S(C)(=O)=O)C[C@@]1(C)C(=O)NCC(=O)NCc1ccccc1Cl. The molecule has 0 spiro atoms. The van der Waals surface area contributed by atoms with Gasteiger partial charge in [0, 0.05) is 25.2 Å². The van der Waals surface area contributed by atoms with Gasteiger partial charge in [-0.05, 0) is 18.6 Å². The molecule has 9 nitrogen and oxygen atoms in total. The van der Waals surface area contributed by atoms with Gasteiger partial charge in [0.25, 0.3) is 0 Å². The minimum atomic E-state index is -3.65. The Morgan fingerprint density at radius 2 is 1.89 bits per heavy atom. The molecule has 0 saturated carbocycles. The average Bonchev–Trinajstić information content (AvgIpc) is 2.62. The third kappa shape index (κ3) is 5.00. The Morgan fingerprint density at radius 1 is 1.25 bits per heavy atom. The molecule has 1 aromatic carbocycles. The number of nitrogens with one attached hydrogen (secondary N) is 2. The van der Waals surface area contributed by atoms with Crippen LogP contribution < -0.4 is 10.6 Å². The molecule has 28 heavy (non-hydrogen) atoms. The number of nitrogens with zero attached hydrogens (tertiary/aromatic N) is 2. The van der Waals surface area contributed by atoms with Crippen LogP contribution in [0.3, 0.4) is 0 Å². The van der Waals surface area contributed by atoms with Crippen molar-refractivity contribution in [2.75, 3.05) is 32.9 Å². The van der Waals surface area contributed by atoms with Gasteiger partial charge in [0.1, 0.15) is 5.54 Å². The van der Waals surface area contributed by atoms with E-state index >= 15 is 0 Å². The Bertz CT molecular complexity index is 891. The van der Waals surface area contributed by atoms with Crippen LogP contribution >= 0.6 is 11.6 Å². The van der Waals surface area contributed by atoms with E-state index < -0.39 is 33.3 Å². The zero-order chi connectivity index (χ0) is 21.1. The first-order chi connectivity index (χ1) is 12.9. The van der Waals surface area contributed by atoms with E-state index in [0.29, 0.717) is 5.02 Å². The van der Waals surface area contributed by atoms with Gasteiger partial charge in [0.05, 0.1) is 19.3 Å². The monoisotopic (exact) mass is 430 g/mol. The number of carbonyl (C=O) groups is 3. The highest BCUT2D eigenvalue weighted by Crippen LogP contribution is 2.22. The van der Waals surface area contributed by atoms with E-state index in [9.17, 15) is 22.8 Å². The standard InChI is InChI=1S/C17H23ClN4O5S/c1-17(11-22(28(3,26)27)10-15(24)21(17)2)16(25)20-9-14(23)19-8-12-6-4-5-7-13(12)18/h4-7H,8-11H2,1-3H3,(H,19,23)(H,20,25)/t17-/m0/s1. The fourth-order valence-corrected chi connectivity index (χ4v) is 3.78. The Kier molecular flexibility index (Phi) is 6.68. The smallest absolute Gasteiger partial charge is 0.247 e. The average molecular weight is 431 g/mol. The summed E-state index contributed by atoms with van der Waals surface area (Å²) < 4.78 is 24.6. The number of amides is 3. The third-order valence-corrected chi connectivity index (χ3v) is 6.28. The maximum Gasteiger partial charge on any atom is 0.247 e. The third-order valence-electron chi connectivity index (χ3n) is 4.71. The summed E-state index contributed by atoms with van der Waals surface area (Å²) >= 11 is 6.02. The maximum atomic E-state index is 12.7. The van der Waals surface area contributed by atoms with Crippen molar-refractivity contribution in [2.24, 2.45) is 0 Å². The molecule has 0 aliphatic carbocycles. The van der Waals surface area contributed by atoms with Crippen LogP contribution in [0.2, 0.25) is 5.02 Å². The first-order valence-corrected chi connectivity index (χ1v) is 10.7. The number of likely N-dealkylation sites (N-methyl/N-ethyl adjacent to an activating group) is 1. The van der Waals surface area contributed by atoms with Crippen LogP contribution in [0.4, 0.5) is 0 Å². The minimum Gasteiger partial charge on any atom is -0.350 e. The zero-order valence-electron chi connectivity index (χ0n) is 15.9. The lowest BCUT2D eigenvalue weighted by atomic mass is 9.96. The number of hydrogen-bond donors (Lipinski definition) is 2. The van der Waals surface area contributed by atoms with Crippen molar-refractivity contribution in [1.82, 2.24) is 19.8 Å². The number of halogens is 1. The highest BCUT2D eigenvalue weighted by molar-refractivity contribution is 7.88. The molecule has 0 radical (unpaired) electrons. The van der Waals surface area contributed by atoms with Crippen LogP contribution in [-0.4, -0.2) is 73.8 Å². The summed E-state index contributed by atoms with van der Waals surface area (Å²) in [5.41, 5.74) is -0.696. The number of benzene rings is 1. The van der Waals surface area contributed by atoms with Crippen molar-refractivity contribution in [3.8, 4) is 0 Å². The number of rotatable bonds is 6. The van der Waals surface area contributed by atoms with Crippen molar-refractivity contribution in [3.63, 3.8) is 0 Å². The van der Waals surface area contributed by atoms with Gasteiger partial charge in [-0.1, -0.05) is 29.8 Å².